The van der Waals surface area contributed by atoms with E-state index in [0.29, 0.717) is 54.7 Å². The highest BCUT2D eigenvalue weighted by atomic mass is 19.4. The van der Waals surface area contributed by atoms with Crippen LogP contribution in [0.2, 0.25) is 0 Å². The van der Waals surface area contributed by atoms with Crippen LogP contribution in [-0.2, 0) is 0 Å². The highest BCUT2D eigenvalue weighted by Crippen LogP contribution is 2.40. The predicted molar refractivity (Wildman–Crippen MR) is 117 cm³/mol. The van der Waals surface area contributed by atoms with Gasteiger partial charge in [0.25, 0.3) is 0 Å². The van der Waals surface area contributed by atoms with Crippen LogP contribution in [0.1, 0.15) is 18.0 Å². The average Bonchev–Trinajstić information content (AvgIpc) is 2.80. The second kappa shape index (κ2) is 10.1. The molecule has 168 valence electrons. The molecule has 1 aliphatic heterocycles. The third-order valence-corrected chi connectivity index (χ3v) is 5.31. The van der Waals surface area contributed by atoms with Crippen molar-refractivity contribution in [3.8, 4) is 23.0 Å². The first-order chi connectivity index (χ1) is 15.5. The Labute approximate surface area is 185 Å². The summed E-state index contributed by atoms with van der Waals surface area (Å²) in [6.07, 6.45) is -5.20. The quantitative estimate of drug-likeness (QED) is 0.475. The van der Waals surface area contributed by atoms with Gasteiger partial charge in [-0.1, -0.05) is 42.5 Å². The Kier molecular flexibility index (Phi) is 6.97. The van der Waals surface area contributed by atoms with Gasteiger partial charge < -0.3 is 14.8 Å². The zero-order chi connectivity index (χ0) is 22.4. The second-order valence-electron chi connectivity index (χ2n) is 7.66. The summed E-state index contributed by atoms with van der Waals surface area (Å²) >= 11 is 0. The first-order valence-electron chi connectivity index (χ1n) is 10.6. The fourth-order valence-electron chi connectivity index (χ4n) is 3.80. The molecule has 0 saturated carbocycles. The third-order valence-electron chi connectivity index (χ3n) is 5.31. The SMILES string of the molecule is FC(F)(F)C[C@H](c1ccc(Oc2ccccc2)c(Oc2ccccc2)c1)N1CCNCC1. The highest BCUT2D eigenvalue weighted by molar-refractivity contribution is 5.48. The summed E-state index contributed by atoms with van der Waals surface area (Å²) in [4.78, 5) is 1.88. The van der Waals surface area contributed by atoms with Gasteiger partial charge >= 0.3 is 6.18 Å². The molecule has 3 aromatic rings. The summed E-state index contributed by atoms with van der Waals surface area (Å²) in [5.41, 5.74) is 0.551. The predicted octanol–water partition coefficient (Wildman–Crippen LogP) is 6.17. The van der Waals surface area contributed by atoms with Crippen molar-refractivity contribution >= 4 is 0 Å². The number of nitrogens with zero attached hydrogens (tertiary/aromatic N) is 1. The summed E-state index contributed by atoms with van der Waals surface area (Å²) in [6, 6.07) is 22.6. The van der Waals surface area contributed by atoms with Crippen LogP contribution in [0.15, 0.2) is 78.9 Å². The Morgan fingerprint density at radius 1 is 0.781 bits per heavy atom. The van der Waals surface area contributed by atoms with Crippen molar-refractivity contribution < 1.29 is 22.6 Å². The summed E-state index contributed by atoms with van der Waals surface area (Å²) in [5, 5.41) is 3.20. The lowest BCUT2D eigenvalue weighted by atomic mass is 10.00. The van der Waals surface area contributed by atoms with Crippen molar-refractivity contribution in [3.05, 3.63) is 84.4 Å². The molecule has 0 spiro atoms. The summed E-state index contributed by atoms with van der Waals surface area (Å²) < 4.78 is 52.4. The third kappa shape index (κ3) is 6.02. The summed E-state index contributed by atoms with van der Waals surface area (Å²) in [7, 11) is 0. The largest absolute Gasteiger partial charge is 0.453 e. The molecule has 3 aromatic carbocycles. The maximum atomic E-state index is 13.5. The summed E-state index contributed by atoms with van der Waals surface area (Å²) in [6.45, 7) is 2.43. The molecule has 7 heteroatoms. The normalized spacial score (nSPS) is 15.8. The van der Waals surface area contributed by atoms with Gasteiger partial charge in [-0.15, -0.1) is 0 Å². The number of ether oxygens (including phenoxy) is 2. The number of nitrogens with one attached hydrogen (secondary N) is 1. The molecule has 1 aliphatic rings. The van der Waals surface area contributed by atoms with E-state index in [1.165, 1.54) is 0 Å². The van der Waals surface area contributed by atoms with Crippen LogP contribution in [-0.4, -0.2) is 37.3 Å². The topological polar surface area (TPSA) is 33.7 Å². The fraction of sp³-hybridized carbons (Fsp3) is 0.280. The van der Waals surface area contributed by atoms with Crippen molar-refractivity contribution in [1.29, 1.82) is 0 Å². The zero-order valence-electron chi connectivity index (χ0n) is 17.5. The molecule has 0 bridgehead atoms. The van der Waals surface area contributed by atoms with E-state index < -0.39 is 18.6 Å². The minimum Gasteiger partial charge on any atom is -0.453 e. The number of hydrogen-bond donors (Lipinski definition) is 1. The second-order valence-corrected chi connectivity index (χ2v) is 7.66. The molecule has 1 N–H and O–H groups in total. The minimum absolute atomic E-state index is 0.375. The van der Waals surface area contributed by atoms with Gasteiger partial charge in [0.2, 0.25) is 0 Å². The molecule has 0 unspecified atom stereocenters. The number of benzene rings is 3. The van der Waals surface area contributed by atoms with E-state index in [1.54, 1.807) is 30.3 Å². The van der Waals surface area contributed by atoms with Crippen molar-refractivity contribution in [2.24, 2.45) is 0 Å². The van der Waals surface area contributed by atoms with Gasteiger partial charge in [0.1, 0.15) is 11.5 Å². The van der Waals surface area contributed by atoms with Crippen LogP contribution in [0.4, 0.5) is 13.2 Å². The fourth-order valence-corrected chi connectivity index (χ4v) is 3.80. The van der Waals surface area contributed by atoms with E-state index >= 15 is 0 Å². The van der Waals surface area contributed by atoms with Gasteiger partial charge in [-0.2, -0.15) is 13.2 Å². The van der Waals surface area contributed by atoms with E-state index in [0.717, 1.165) is 0 Å². The van der Waals surface area contributed by atoms with Crippen LogP contribution in [0, 0.1) is 0 Å². The first kappa shape index (κ1) is 22.2. The molecule has 0 aromatic heterocycles. The number of hydrogen-bond acceptors (Lipinski definition) is 4. The Morgan fingerprint density at radius 3 is 1.91 bits per heavy atom. The summed E-state index contributed by atoms with van der Waals surface area (Å²) in [5.74, 6) is 2.01. The van der Waals surface area contributed by atoms with Crippen molar-refractivity contribution in [2.75, 3.05) is 26.2 Å². The lowest BCUT2D eigenvalue weighted by Crippen LogP contribution is -2.46. The molecule has 1 saturated heterocycles. The molecule has 32 heavy (non-hydrogen) atoms. The number of piperazine rings is 1. The number of alkyl halides is 3. The number of para-hydroxylation sites is 2. The van der Waals surface area contributed by atoms with E-state index in [2.05, 4.69) is 5.32 Å². The highest BCUT2D eigenvalue weighted by Gasteiger charge is 2.36. The molecule has 0 aliphatic carbocycles. The minimum atomic E-state index is -4.28. The van der Waals surface area contributed by atoms with Crippen LogP contribution in [0.3, 0.4) is 0 Å². The molecule has 4 rings (SSSR count). The Balaban J connectivity index is 1.69. The van der Waals surface area contributed by atoms with E-state index in [-0.39, 0.29) is 0 Å². The monoisotopic (exact) mass is 442 g/mol. The lowest BCUT2D eigenvalue weighted by Gasteiger charge is -2.36. The van der Waals surface area contributed by atoms with Gasteiger partial charge in [0.15, 0.2) is 11.5 Å². The van der Waals surface area contributed by atoms with Crippen LogP contribution < -0.4 is 14.8 Å². The standard InChI is InChI=1S/C25H25F3N2O2/c26-25(27,28)18-22(30-15-13-29-14-16-30)19-11-12-23(31-20-7-3-1-4-8-20)24(17-19)32-21-9-5-2-6-10-21/h1-12,17,22,29H,13-16,18H2/t22-/m1/s1. The van der Waals surface area contributed by atoms with Gasteiger partial charge in [-0.3, -0.25) is 4.90 Å². The molecule has 1 heterocycles. The van der Waals surface area contributed by atoms with Crippen molar-refractivity contribution in [3.63, 3.8) is 0 Å². The van der Waals surface area contributed by atoms with Crippen molar-refractivity contribution in [2.45, 2.75) is 18.6 Å². The first-order valence-corrected chi connectivity index (χ1v) is 10.6. The average molecular weight is 442 g/mol. The van der Waals surface area contributed by atoms with Crippen molar-refractivity contribution in [1.82, 2.24) is 10.2 Å². The number of halogens is 3. The maximum absolute atomic E-state index is 13.5. The van der Waals surface area contributed by atoms with E-state index in [1.807, 2.05) is 53.4 Å². The molecular weight excluding hydrogens is 417 g/mol. The van der Waals surface area contributed by atoms with Crippen LogP contribution in [0.5, 0.6) is 23.0 Å². The molecule has 0 amide bonds. The van der Waals surface area contributed by atoms with Crippen LogP contribution in [0.25, 0.3) is 0 Å². The lowest BCUT2D eigenvalue weighted by molar-refractivity contribution is -0.148. The van der Waals surface area contributed by atoms with Gasteiger partial charge in [-0.25, -0.2) is 0 Å². The Morgan fingerprint density at radius 2 is 1.34 bits per heavy atom. The van der Waals surface area contributed by atoms with Gasteiger partial charge in [0.05, 0.1) is 6.42 Å². The molecular formula is C25H25F3N2O2. The van der Waals surface area contributed by atoms with Gasteiger partial charge in [-0.05, 0) is 42.0 Å². The molecule has 0 radical (unpaired) electrons. The Bertz CT molecular complexity index is 991. The smallest absolute Gasteiger partial charge is 0.390 e. The molecule has 1 fully saturated rings. The zero-order valence-corrected chi connectivity index (χ0v) is 17.5. The van der Waals surface area contributed by atoms with E-state index in [4.69, 9.17) is 9.47 Å². The van der Waals surface area contributed by atoms with Gasteiger partial charge in [0, 0.05) is 32.2 Å². The Hall–Kier alpha value is -3.03. The molecule has 1 atom stereocenters. The maximum Gasteiger partial charge on any atom is 0.390 e. The van der Waals surface area contributed by atoms with E-state index in [9.17, 15) is 13.2 Å². The van der Waals surface area contributed by atoms with Crippen LogP contribution >= 0.6 is 0 Å². The molecule has 4 nitrogen and oxygen atoms in total. The number of rotatable bonds is 7.